The quantitative estimate of drug-likeness (QED) is 0.126. The number of aliphatic hydroxyl groups excluding tert-OH is 2. The third-order valence-electron chi connectivity index (χ3n) is 3.74. The van der Waals surface area contributed by atoms with E-state index in [0.29, 0.717) is 6.42 Å². The number of carbonyl (C=O) groups excluding carboxylic acids is 2. The van der Waals surface area contributed by atoms with Crippen molar-refractivity contribution >= 4 is 12.1 Å². The molecule has 0 aromatic rings. The van der Waals surface area contributed by atoms with Crippen molar-refractivity contribution in [1.82, 2.24) is 0 Å². The third kappa shape index (κ3) is 8.65. The van der Waals surface area contributed by atoms with Crippen LogP contribution in [0.3, 0.4) is 0 Å². The van der Waals surface area contributed by atoms with E-state index in [1.165, 1.54) is 44.6 Å². The number of Topliss-reactive ketones (excluding diaryl/α,β-unsaturated/α-hetero) is 1. The molecule has 0 saturated heterocycles. The summed E-state index contributed by atoms with van der Waals surface area (Å²) in [4.78, 5) is 22.1. The van der Waals surface area contributed by atoms with Gasteiger partial charge < -0.3 is 10.2 Å². The van der Waals surface area contributed by atoms with Crippen molar-refractivity contribution in [2.45, 2.75) is 78.1 Å². The molecule has 0 spiro atoms. The lowest BCUT2D eigenvalue weighted by molar-refractivity contribution is -0.127. The average Bonchev–Trinajstić information content (AvgIpc) is 2.54. The zero-order valence-electron chi connectivity index (χ0n) is 13.9. The number of ketones is 1. The van der Waals surface area contributed by atoms with Crippen molar-refractivity contribution in [3.8, 4) is 0 Å². The van der Waals surface area contributed by atoms with Crippen LogP contribution in [-0.2, 0) is 9.59 Å². The number of rotatable bonds is 13. The lowest BCUT2D eigenvalue weighted by Gasteiger charge is -2.07. The van der Waals surface area contributed by atoms with Crippen LogP contribution in [0.1, 0.15) is 78.1 Å². The summed E-state index contributed by atoms with van der Waals surface area (Å²) in [5.41, 5.74) is 0.00791. The van der Waals surface area contributed by atoms with Gasteiger partial charge in [0.05, 0.1) is 0 Å². The third-order valence-corrected chi connectivity index (χ3v) is 3.74. The first-order valence-corrected chi connectivity index (χ1v) is 8.35. The molecule has 0 aliphatic heterocycles. The molecule has 2 N–H and O–H groups in total. The summed E-state index contributed by atoms with van der Waals surface area (Å²) in [6, 6.07) is 0. The van der Waals surface area contributed by atoms with E-state index in [0.717, 1.165) is 19.3 Å². The number of aldehydes is 1. The van der Waals surface area contributed by atoms with Gasteiger partial charge in [0.15, 0.2) is 17.8 Å². The van der Waals surface area contributed by atoms with Crippen LogP contribution >= 0.6 is 0 Å². The van der Waals surface area contributed by atoms with Gasteiger partial charge in [-0.3, -0.25) is 9.59 Å². The van der Waals surface area contributed by atoms with Gasteiger partial charge in [-0.1, -0.05) is 58.3 Å². The van der Waals surface area contributed by atoms with E-state index >= 15 is 0 Å². The predicted molar refractivity (Wildman–Crippen MR) is 89.0 cm³/mol. The highest BCUT2D eigenvalue weighted by Gasteiger charge is 2.16. The number of hydrogen-bond donors (Lipinski definition) is 2. The average molecular weight is 310 g/mol. The van der Waals surface area contributed by atoms with Crippen molar-refractivity contribution in [2.75, 3.05) is 0 Å². The largest absolute Gasteiger partial charge is 0.504 e. The summed E-state index contributed by atoms with van der Waals surface area (Å²) in [7, 11) is 0. The Morgan fingerprint density at radius 2 is 1.41 bits per heavy atom. The second kappa shape index (κ2) is 13.1. The van der Waals surface area contributed by atoms with Crippen molar-refractivity contribution in [3.63, 3.8) is 0 Å². The molecule has 0 aliphatic carbocycles. The van der Waals surface area contributed by atoms with Gasteiger partial charge in [0.25, 0.3) is 0 Å². The van der Waals surface area contributed by atoms with Gasteiger partial charge in [-0.15, -0.1) is 0 Å². The Morgan fingerprint density at radius 3 is 1.86 bits per heavy atom. The molecule has 0 amide bonds. The molecule has 0 atom stereocenters. The van der Waals surface area contributed by atoms with Crippen molar-refractivity contribution in [1.29, 1.82) is 0 Å². The molecule has 0 rings (SSSR count). The maximum absolute atomic E-state index is 11.5. The van der Waals surface area contributed by atoms with Gasteiger partial charge in [-0.25, -0.2) is 0 Å². The number of hydrogen-bond acceptors (Lipinski definition) is 4. The van der Waals surface area contributed by atoms with Gasteiger partial charge in [0.2, 0.25) is 5.78 Å². The van der Waals surface area contributed by atoms with Crippen LogP contribution in [0.2, 0.25) is 0 Å². The van der Waals surface area contributed by atoms with Gasteiger partial charge in [0.1, 0.15) is 0 Å². The zero-order chi connectivity index (χ0) is 16.8. The van der Waals surface area contributed by atoms with Gasteiger partial charge >= 0.3 is 0 Å². The van der Waals surface area contributed by atoms with Crippen LogP contribution in [0.4, 0.5) is 0 Å². The number of unbranched alkanes of at least 4 members (excludes halogenated alkanes) is 8. The van der Waals surface area contributed by atoms with E-state index in [-0.39, 0.29) is 17.6 Å². The van der Waals surface area contributed by atoms with Crippen LogP contribution in [0.25, 0.3) is 0 Å². The van der Waals surface area contributed by atoms with Gasteiger partial charge in [-0.05, 0) is 25.8 Å². The summed E-state index contributed by atoms with van der Waals surface area (Å²) < 4.78 is 0. The summed E-state index contributed by atoms with van der Waals surface area (Å²) in [5.74, 6) is -1.59. The Kier molecular flexibility index (Phi) is 12.2. The topological polar surface area (TPSA) is 74.6 Å². The molecule has 0 radical (unpaired) electrons. The first-order chi connectivity index (χ1) is 10.6. The molecule has 4 nitrogen and oxygen atoms in total. The van der Waals surface area contributed by atoms with Crippen molar-refractivity contribution in [3.05, 3.63) is 23.2 Å². The Morgan fingerprint density at radius 1 is 0.909 bits per heavy atom. The molecule has 0 bridgehead atoms. The monoisotopic (exact) mass is 310 g/mol. The van der Waals surface area contributed by atoms with Crippen LogP contribution in [-0.4, -0.2) is 22.3 Å². The van der Waals surface area contributed by atoms with E-state index in [9.17, 15) is 19.8 Å². The minimum Gasteiger partial charge on any atom is -0.504 e. The molecular weight excluding hydrogens is 280 g/mol. The van der Waals surface area contributed by atoms with Crippen LogP contribution < -0.4 is 0 Å². The molecule has 0 fully saturated rings. The van der Waals surface area contributed by atoms with Crippen LogP contribution in [0.15, 0.2) is 23.2 Å². The van der Waals surface area contributed by atoms with E-state index in [2.05, 4.69) is 6.92 Å². The fourth-order valence-electron chi connectivity index (χ4n) is 2.33. The second-order valence-corrected chi connectivity index (χ2v) is 5.56. The molecule has 0 heterocycles. The Hall–Kier alpha value is -1.58. The van der Waals surface area contributed by atoms with E-state index in [1.54, 1.807) is 6.92 Å². The predicted octanol–water partition coefficient (Wildman–Crippen LogP) is 4.95. The molecule has 0 aromatic heterocycles. The smallest absolute Gasteiger partial charge is 0.225 e. The van der Waals surface area contributed by atoms with Crippen LogP contribution in [0, 0.1) is 0 Å². The maximum Gasteiger partial charge on any atom is 0.225 e. The molecule has 126 valence electrons. The number of allylic oxidation sites excluding steroid dienone is 2. The van der Waals surface area contributed by atoms with E-state index in [4.69, 9.17) is 0 Å². The highest BCUT2D eigenvalue weighted by Crippen LogP contribution is 2.18. The first-order valence-electron chi connectivity index (χ1n) is 8.35. The summed E-state index contributed by atoms with van der Waals surface area (Å²) >= 11 is 0. The Labute approximate surface area is 133 Å². The number of carbonyl (C=O) groups is 2. The normalized spacial score (nSPS) is 12.9. The molecular formula is C18H30O4. The minimum absolute atomic E-state index is 0.00791. The molecule has 0 saturated carbocycles. The second-order valence-electron chi connectivity index (χ2n) is 5.56. The summed E-state index contributed by atoms with van der Waals surface area (Å²) in [5, 5.41) is 19.3. The lowest BCUT2D eigenvalue weighted by atomic mass is 10.0. The zero-order valence-corrected chi connectivity index (χ0v) is 13.9. The molecule has 22 heavy (non-hydrogen) atoms. The van der Waals surface area contributed by atoms with Crippen molar-refractivity contribution < 1.29 is 19.8 Å². The van der Waals surface area contributed by atoms with E-state index < -0.39 is 11.5 Å². The van der Waals surface area contributed by atoms with Gasteiger partial charge in [0, 0.05) is 5.57 Å². The standard InChI is InChI=1S/C18H30O4/c1-3-5-6-7-8-9-10-11-12-13-15(17(21)14-19)18(22)16(20)4-2/h4,14,20,22H,3,5-13H2,1-2H3/b16-4+,18-15?. The maximum atomic E-state index is 11.5. The van der Waals surface area contributed by atoms with Gasteiger partial charge in [-0.2, -0.15) is 0 Å². The first kappa shape index (κ1) is 20.4. The fourth-order valence-corrected chi connectivity index (χ4v) is 2.33. The van der Waals surface area contributed by atoms with E-state index in [1.807, 2.05) is 0 Å². The minimum atomic E-state index is -0.759. The highest BCUT2D eigenvalue weighted by molar-refractivity contribution is 6.33. The Balaban J connectivity index is 4.12. The molecule has 0 aliphatic rings. The van der Waals surface area contributed by atoms with Crippen molar-refractivity contribution in [2.24, 2.45) is 0 Å². The summed E-state index contributed by atoms with van der Waals surface area (Å²) in [6.07, 6.45) is 12.1. The highest BCUT2D eigenvalue weighted by atomic mass is 16.3. The molecule has 0 unspecified atom stereocenters. The molecule has 4 heteroatoms. The lowest BCUT2D eigenvalue weighted by Crippen LogP contribution is -2.09. The SMILES string of the molecule is C/C=C(/O)C(O)=C(CCCCCCCCCCC)C(=O)C=O. The van der Waals surface area contributed by atoms with Crippen LogP contribution in [0.5, 0.6) is 0 Å². The fraction of sp³-hybridized carbons (Fsp3) is 0.667. The molecule has 0 aromatic carbocycles. The number of aliphatic hydroxyl groups is 2. The Bertz CT molecular complexity index is 394. The summed E-state index contributed by atoms with van der Waals surface area (Å²) in [6.45, 7) is 3.75.